The predicted molar refractivity (Wildman–Crippen MR) is 85.0 cm³/mol. The zero-order valence-corrected chi connectivity index (χ0v) is 12.7. The van der Waals surface area contributed by atoms with Crippen LogP contribution in [0.5, 0.6) is 0 Å². The van der Waals surface area contributed by atoms with E-state index in [1.165, 1.54) is 15.3 Å². The van der Waals surface area contributed by atoms with Crippen molar-refractivity contribution in [3.05, 3.63) is 47.3 Å². The molecule has 0 bridgehead atoms. The van der Waals surface area contributed by atoms with E-state index in [9.17, 15) is 4.21 Å². The molecular formula is C15H19NOS2. The highest BCUT2D eigenvalue weighted by Crippen LogP contribution is 2.27. The second kappa shape index (κ2) is 7.58. The third-order valence-electron chi connectivity index (χ3n) is 2.85. The summed E-state index contributed by atoms with van der Waals surface area (Å²) in [7, 11) is -0.668. The van der Waals surface area contributed by atoms with Gasteiger partial charge in [0.15, 0.2) is 0 Å². The summed E-state index contributed by atoms with van der Waals surface area (Å²) < 4.78 is 11.3. The summed E-state index contributed by atoms with van der Waals surface area (Å²) in [5.41, 5.74) is 1.27. The molecule has 19 heavy (non-hydrogen) atoms. The first kappa shape index (κ1) is 14.4. The van der Waals surface area contributed by atoms with Gasteiger partial charge in [-0.2, -0.15) is 0 Å². The van der Waals surface area contributed by atoms with Gasteiger partial charge in [-0.05, 0) is 17.7 Å². The summed E-state index contributed by atoms with van der Waals surface area (Å²) in [5.74, 6) is 1.49. The minimum absolute atomic E-state index is 0.668. The smallest absolute Gasteiger partial charge is 0.0360 e. The van der Waals surface area contributed by atoms with Gasteiger partial charge in [-0.1, -0.05) is 37.3 Å². The van der Waals surface area contributed by atoms with Crippen molar-refractivity contribution < 1.29 is 4.21 Å². The van der Waals surface area contributed by atoms with Crippen molar-refractivity contribution in [3.8, 4) is 10.4 Å². The maximum Gasteiger partial charge on any atom is 0.0360 e. The lowest BCUT2D eigenvalue weighted by molar-refractivity contribution is 0.675. The molecular weight excluding hydrogens is 274 g/mol. The second-order valence-electron chi connectivity index (χ2n) is 4.24. The van der Waals surface area contributed by atoms with Gasteiger partial charge in [0.2, 0.25) is 0 Å². The van der Waals surface area contributed by atoms with Crippen LogP contribution in [0, 0.1) is 0 Å². The first-order chi connectivity index (χ1) is 9.29. The number of hydrogen-bond acceptors (Lipinski definition) is 3. The lowest BCUT2D eigenvalue weighted by Crippen LogP contribution is -2.20. The molecule has 0 aliphatic heterocycles. The largest absolute Gasteiger partial charge is 0.311 e. The fourth-order valence-corrected chi connectivity index (χ4v) is 3.42. The van der Waals surface area contributed by atoms with Crippen LogP contribution < -0.4 is 5.32 Å². The topological polar surface area (TPSA) is 29.1 Å². The average molecular weight is 293 g/mol. The lowest BCUT2D eigenvalue weighted by atomic mass is 10.2. The van der Waals surface area contributed by atoms with Gasteiger partial charge in [-0.15, -0.1) is 11.3 Å². The molecule has 1 heterocycles. The Morgan fingerprint density at radius 2 is 1.95 bits per heavy atom. The summed E-state index contributed by atoms with van der Waals surface area (Å²) >= 11 is 1.81. The molecule has 1 atom stereocenters. The quantitative estimate of drug-likeness (QED) is 0.794. The van der Waals surface area contributed by atoms with Gasteiger partial charge >= 0.3 is 0 Å². The number of thiophene rings is 1. The van der Waals surface area contributed by atoms with Crippen molar-refractivity contribution in [2.75, 3.05) is 18.1 Å². The van der Waals surface area contributed by atoms with E-state index in [-0.39, 0.29) is 0 Å². The van der Waals surface area contributed by atoms with Crippen LogP contribution in [-0.4, -0.2) is 22.3 Å². The molecule has 1 unspecified atom stereocenters. The van der Waals surface area contributed by atoms with E-state index in [1.807, 2.05) is 24.3 Å². The van der Waals surface area contributed by atoms with Crippen LogP contribution in [0.4, 0.5) is 0 Å². The Morgan fingerprint density at radius 3 is 2.68 bits per heavy atom. The van der Waals surface area contributed by atoms with Crippen LogP contribution in [-0.2, 0) is 17.3 Å². The molecule has 2 nitrogen and oxygen atoms in total. The third-order valence-corrected chi connectivity index (χ3v) is 5.29. The van der Waals surface area contributed by atoms with E-state index < -0.39 is 10.8 Å². The molecule has 0 saturated carbocycles. The van der Waals surface area contributed by atoms with Crippen molar-refractivity contribution >= 4 is 22.1 Å². The maximum atomic E-state index is 11.3. The van der Waals surface area contributed by atoms with Crippen LogP contribution in [0.25, 0.3) is 10.4 Å². The SMILES string of the molecule is CCS(=O)CCNCc1ccc(-c2ccccc2)s1. The van der Waals surface area contributed by atoms with Crippen molar-refractivity contribution in [1.82, 2.24) is 5.32 Å². The number of rotatable bonds is 7. The van der Waals surface area contributed by atoms with Crippen LogP contribution in [0.1, 0.15) is 11.8 Å². The Labute approximate surface area is 121 Å². The number of nitrogens with one attached hydrogen (secondary N) is 1. The molecule has 2 rings (SSSR count). The Bertz CT molecular complexity index is 522. The molecule has 0 fully saturated rings. The zero-order chi connectivity index (χ0) is 13.5. The molecule has 4 heteroatoms. The third kappa shape index (κ3) is 4.56. The molecule has 2 aromatic rings. The van der Waals surface area contributed by atoms with Gasteiger partial charge in [-0.3, -0.25) is 4.21 Å². The Hall–Kier alpha value is -0.970. The minimum Gasteiger partial charge on any atom is -0.311 e. The lowest BCUT2D eigenvalue weighted by Gasteiger charge is -2.02. The highest BCUT2D eigenvalue weighted by atomic mass is 32.2. The predicted octanol–water partition coefficient (Wildman–Crippen LogP) is 3.27. The Kier molecular flexibility index (Phi) is 5.76. The molecule has 0 saturated heterocycles. The van der Waals surface area contributed by atoms with E-state index in [4.69, 9.17) is 0 Å². The van der Waals surface area contributed by atoms with E-state index >= 15 is 0 Å². The van der Waals surface area contributed by atoms with Crippen LogP contribution in [0.15, 0.2) is 42.5 Å². The average Bonchev–Trinajstić information content (AvgIpc) is 2.93. The molecule has 1 aromatic heterocycles. The molecule has 0 aliphatic rings. The monoisotopic (exact) mass is 293 g/mol. The van der Waals surface area contributed by atoms with Crippen LogP contribution in [0.3, 0.4) is 0 Å². The normalized spacial score (nSPS) is 12.5. The van der Waals surface area contributed by atoms with Gasteiger partial charge in [0.05, 0.1) is 0 Å². The summed E-state index contributed by atoms with van der Waals surface area (Å²) in [6, 6.07) is 14.8. The number of hydrogen-bond donors (Lipinski definition) is 1. The van der Waals surface area contributed by atoms with Gasteiger partial charge in [0, 0.05) is 45.1 Å². The van der Waals surface area contributed by atoms with Crippen molar-refractivity contribution in [2.24, 2.45) is 0 Å². The van der Waals surface area contributed by atoms with Crippen LogP contribution >= 0.6 is 11.3 Å². The summed E-state index contributed by atoms with van der Waals surface area (Å²) in [5, 5.41) is 3.35. The molecule has 1 N–H and O–H groups in total. The highest BCUT2D eigenvalue weighted by molar-refractivity contribution is 7.84. The minimum atomic E-state index is -0.668. The van der Waals surface area contributed by atoms with Gasteiger partial charge in [-0.25, -0.2) is 0 Å². The molecule has 0 spiro atoms. The summed E-state index contributed by atoms with van der Waals surface area (Å²) in [6.45, 7) is 3.64. The summed E-state index contributed by atoms with van der Waals surface area (Å²) in [4.78, 5) is 2.62. The van der Waals surface area contributed by atoms with Crippen LogP contribution in [0.2, 0.25) is 0 Å². The summed E-state index contributed by atoms with van der Waals surface area (Å²) in [6.07, 6.45) is 0. The van der Waals surface area contributed by atoms with E-state index in [0.717, 1.165) is 24.6 Å². The number of benzene rings is 1. The standard InChI is InChI=1S/C15H19NOS2/c1-2-19(17)11-10-16-12-14-8-9-15(18-14)13-6-4-3-5-7-13/h3-9,16H,2,10-12H2,1H3. The first-order valence-electron chi connectivity index (χ1n) is 6.49. The zero-order valence-electron chi connectivity index (χ0n) is 11.1. The molecule has 102 valence electrons. The maximum absolute atomic E-state index is 11.3. The second-order valence-corrected chi connectivity index (χ2v) is 7.27. The Morgan fingerprint density at radius 1 is 1.16 bits per heavy atom. The van der Waals surface area contributed by atoms with Crippen molar-refractivity contribution in [1.29, 1.82) is 0 Å². The fraction of sp³-hybridized carbons (Fsp3) is 0.333. The van der Waals surface area contributed by atoms with Gasteiger partial charge in [0.1, 0.15) is 0 Å². The molecule has 0 aliphatic carbocycles. The van der Waals surface area contributed by atoms with E-state index in [0.29, 0.717) is 0 Å². The van der Waals surface area contributed by atoms with Crippen molar-refractivity contribution in [3.63, 3.8) is 0 Å². The van der Waals surface area contributed by atoms with Gasteiger partial charge < -0.3 is 5.32 Å². The van der Waals surface area contributed by atoms with Crippen molar-refractivity contribution in [2.45, 2.75) is 13.5 Å². The molecule has 0 radical (unpaired) electrons. The highest BCUT2D eigenvalue weighted by Gasteiger charge is 2.02. The first-order valence-corrected chi connectivity index (χ1v) is 8.80. The molecule has 0 amide bonds. The van der Waals surface area contributed by atoms with E-state index in [1.54, 1.807) is 0 Å². The fourth-order valence-electron chi connectivity index (χ4n) is 1.77. The Balaban J connectivity index is 1.83. The molecule has 1 aromatic carbocycles. The van der Waals surface area contributed by atoms with Gasteiger partial charge in [0.25, 0.3) is 0 Å². The van der Waals surface area contributed by atoms with E-state index in [2.05, 4.69) is 41.7 Å².